The first-order chi connectivity index (χ1) is 9.26. The second kappa shape index (κ2) is 4.96. The van der Waals surface area contributed by atoms with Gasteiger partial charge in [-0.2, -0.15) is 5.10 Å². The van der Waals surface area contributed by atoms with Gasteiger partial charge in [-0.1, -0.05) is 35.9 Å². The van der Waals surface area contributed by atoms with Crippen LogP contribution in [0.25, 0.3) is 0 Å². The van der Waals surface area contributed by atoms with Gasteiger partial charge in [0.15, 0.2) is 0 Å². The lowest BCUT2D eigenvalue weighted by molar-refractivity contribution is 0.391. The summed E-state index contributed by atoms with van der Waals surface area (Å²) >= 11 is 6.27. The van der Waals surface area contributed by atoms with E-state index in [1.807, 2.05) is 4.68 Å². The van der Waals surface area contributed by atoms with E-state index in [1.165, 1.54) is 11.1 Å². The Hall–Kier alpha value is -1.36. The van der Waals surface area contributed by atoms with Crippen molar-refractivity contribution in [2.24, 2.45) is 5.84 Å². The predicted octanol–water partition coefficient (Wildman–Crippen LogP) is 2.40. The van der Waals surface area contributed by atoms with Gasteiger partial charge in [0.2, 0.25) is 0 Å². The number of nitrogens with zero attached hydrogens (tertiary/aromatic N) is 2. The summed E-state index contributed by atoms with van der Waals surface area (Å²) in [4.78, 5) is 0. The van der Waals surface area contributed by atoms with Crippen LogP contribution in [0.3, 0.4) is 0 Å². The van der Waals surface area contributed by atoms with E-state index < -0.39 is 0 Å². The average molecular weight is 277 g/mol. The second-order valence-corrected chi connectivity index (χ2v) is 5.25. The number of hydrogen-bond acceptors (Lipinski definition) is 3. The van der Waals surface area contributed by atoms with E-state index >= 15 is 0 Å². The Bertz CT molecular complexity index is 593. The van der Waals surface area contributed by atoms with E-state index in [4.69, 9.17) is 17.4 Å². The minimum Gasteiger partial charge on any atom is -0.271 e. The maximum absolute atomic E-state index is 6.27. The quantitative estimate of drug-likeness (QED) is 0.666. The molecule has 100 valence electrons. The zero-order chi connectivity index (χ0) is 13.4. The van der Waals surface area contributed by atoms with Gasteiger partial charge in [-0.15, -0.1) is 0 Å². The summed E-state index contributed by atoms with van der Waals surface area (Å²) < 4.78 is 1.91. The Balaban J connectivity index is 1.97. The Morgan fingerprint density at radius 1 is 1.53 bits per heavy atom. The van der Waals surface area contributed by atoms with Crippen LogP contribution in [0.5, 0.6) is 0 Å². The summed E-state index contributed by atoms with van der Waals surface area (Å²) in [5.74, 6) is 6.14. The van der Waals surface area contributed by atoms with Crippen LogP contribution in [0.15, 0.2) is 30.5 Å². The summed E-state index contributed by atoms with van der Waals surface area (Å²) in [5, 5.41) is 4.96. The lowest BCUT2D eigenvalue weighted by Gasteiger charge is -2.36. The predicted molar refractivity (Wildman–Crippen MR) is 75.9 cm³/mol. The highest BCUT2D eigenvalue weighted by Gasteiger charge is 2.35. The highest BCUT2D eigenvalue weighted by molar-refractivity contribution is 6.31. The molecule has 2 aromatic rings. The minimum absolute atomic E-state index is 0.00449. The first kappa shape index (κ1) is 12.7. The lowest BCUT2D eigenvalue weighted by atomic mass is 9.73. The molecule has 0 saturated carbocycles. The summed E-state index contributed by atoms with van der Waals surface area (Å²) in [6.07, 6.45) is 2.71. The topological polar surface area (TPSA) is 55.9 Å². The van der Waals surface area contributed by atoms with Crippen LogP contribution >= 0.6 is 11.6 Å². The summed E-state index contributed by atoms with van der Waals surface area (Å²) in [5.41, 5.74) is 6.64. The van der Waals surface area contributed by atoms with Gasteiger partial charge in [0, 0.05) is 12.5 Å². The molecule has 0 fully saturated rings. The van der Waals surface area contributed by atoms with Crippen molar-refractivity contribution in [1.29, 1.82) is 0 Å². The maximum Gasteiger partial charge on any atom is 0.0834 e. The zero-order valence-electron chi connectivity index (χ0n) is 10.8. The van der Waals surface area contributed by atoms with Crippen molar-refractivity contribution in [2.45, 2.75) is 31.8 Å². The molecule has 0 saturated heterocycles. The van der Waals surface area contributed by atoms with Gasteiger partial charge in [-0.05, 0) is 24.5 Å². The van der Waals surface area contributed by atoms with Gasteiger partial charge in [0.05, 0.1) is 23.0 Å². The third kappa shape index (κ3) is 1.96. The SMILES string of the molecule is CCn1ncc(Cl)c1C(NN)C1Cc2ccccc21. The maximum atomic E-state index is 6.27. The number of benzene rings is 1. The van der Waals surface area contributed by atoms with Crippen molar-refractivity contribution in [3.8, 4) is 0 Å². The van der Waals surface area contributed by atoms with Gasteiger partial charge in [-0.25, -0.2) is 0 Å². The van der Waals surface area contributed by atoms with Crippen LogP contribution in [0, 0.1) is 0 Å². The molecule has 2 atom stereocenters. The summed E-state index contributed by atoms with van der Waals surface area (Å²) in [6, 6.07) is 8.47. The van der Waals surface area contributed by atoms with E-state index in [0.717, 1.165) is 18.7 Å². The van der Waals surface area contributed by atoms with Gasteiger partial charge in [-0.3, -0.25) is 16.0 Å². The molecule has 2 unspecified atom stereocenters. The molecule has 0 bridgehead atoms. The second-order valence-electron chi connectivity index (χ2n) is 4.85. The molecule has 0 radical (unpaired) electrons. The van der Waals surface area contributed by atoms with Crippen molar-refractivity contribution in [3.63, 3.8) is 0 Å². The minimum atomic E-state index is 0.00449. The number of aryl methyl sites for hydroxylation is 1. The molecule has 1 aliphatic carbocycles. The highest BCUT2D eigenvalue weighted by atomic mass is 35.5. The number of rotatable bonds is 4. The first-order valence-corrected chi connectivity index (χ1v) is 6.89. The molecule has 4 nitrogen and oxygen atoms in total. The molecule has 3 rings (SSSR count). The molecule has 1 aromatic carbocycles. The normalized spacial score (nSPS) is 18.8. The number of aromatic nitrogens is 2. The van der Waals surface area contributed by atoms with Crippen molar-refractivity contribution in [3.05, 3.63) is 52.3 Å². The van der Waals surface area contributed by atoms with E-state index in [9.17, 15) is 0 Å². The first-order valence-electron chi connectivity index (χ1n) is 6.51. The molecule has 19 heavy (non-hydrogen) atoms. The Labute approximate surface area is 117 Å². The number of nitrogens with one attached hydrogen (secondary N) is 1. The van der Waals surface area contributed by atoms with Crippen LogP contribution in [0.2, 0.25) is 5.02 Å². The fourth-order valence-electron chi connectivity index (χ4n) is 2.91. The van der Waals surface area contributed by atoms with Crippen molar-refractivity contribution >= 4 is 11.6 Å². The van der Waals surface area contributed by atoms with Crippen LogP contribution in [0.1, 0.15) is 35.7 Å². The monoisotopic (exact) mass is 276 g/mol. The molecule has 0 spiro atoms. The van der Waals surface area contributed by atoms with E-state index in [2.05, 4.69) is 41.7 Å². The van der Waals surface area contributed by atoms with Gasteiger partial charge < -0.3 is 0 Å². The zero-order valence-corrected chi connectivity index (χ0v) is 11.6. The average Bonchev–Trinajstić information content (AvgIpc) is 2.77. The van der Waals surface area contributed by atoms with Crippen LogP contribution in [0.4, 0.5) is 0 Å². The van der Waals surface area contributed by atoms with E-state index in [-0.39, 0.29) is 6.04 Å². The molecular formula is C14H17ClN4. The van der Waals surface area contributed by atoms with Crippen molar-refractivity contribution in [1.82, 2.24) is 15.2 Å². The van der Waals surface area contributed by atoms with Crippen LogP contribution in [-0.4, -0.2) is 9.78 Å². The third-order valence-electron chi connectivity index (χ3n) is 3.90. The smallest absolute Gasteiger partial charge is 0.0834 e. The molecule has 1 aliphatic rings. The fraction of sp³-hybridized carbons (Fsp3) is 0.357. The Kier molecular flexibility index (Phi) is 3.31. The molecule has 0 aliphatic heterocycles. The van der Waals surface area contributed by atoms with Crippen LogP contribution < -0.4 is 11.3 Å². The highest BCUT2D eigenvalue weighted by Crippen LogP contribution is 2.44. The third-order valence-corrected chi connectivity index (χ3v) is 4.19. The number of fused-ring (bicyclic) bond motifs is 1. The Morgan fingerprint density at radius 3 is 3.00 bits per heavy atom. The molecule has 5 heteroatoms. The van der Waals surface area contributed by atoms with Gasteiger partial charge in [0.25, 0.3) is 0 Å². The molecule has 0 amide bonds. The number of nitrogens with two attached hydrogens (primary N) is 1. The summed E-state index contributed by atoms with van der Waals surface area (Å²) in [7, 11) is 0. The molecule has 3 N–H and O–H groups in total. The number of halogens is 1. The molecular weight excluding hydrogens is 260 g/mol. The van der Waals surface area contributed by atoms with Crippen molar-refractivity contribution < 1.29 is 0 Å². The molecule has 1 aromatic heterocycles. The number of hydrazine groups is 1. The van der Waals surface area contributed by atoms with Gasteiger partial charge in [0.1, 0.15) is 0 Å². The van der Waals surface area contributed by atoms with E-state index in [1.54, 1.807) is 6.20 Å². The lowest BCUT2D eigenvalue weighted by Crippen LogP contribution is -2.38. The van der Waals surface area contributed by atoms with E-state index in [0.29, 0.717) is 10.9 Å². The standard InChI is InChI=1S/C14H17ClN4/c1-2-19-14(12(15)8-17-19)13(18-16)11-7-9-5-3-4-6-10(9)11/h3-6,8,11,13,18H,2,7,16H2,1H3. The van der Waals surface area contributed by atoms with Crippen LogP contribution in [-0.2, 0) is 13.0 Å². The molecule has 1 heterocycles. The summed E-state index contributed by atoms with van der Waals surface area (Å²) in [6.45, 7) is 2.84. The Morgan fingerprint density at radius 2 is 2.32 bits per heavy atom. The van der Waals surface area contributed by atoms with Crippen molar-refractivity contribution in [2.75, 3.05) is 0 Å². The fourth-order valence-corrected chi connectivity index (χ4v) is 3.17. The van der Waals surface area contributed by atoms with Gasteiger partial charge >= 0.3 is 0 Å². The largest absolute Gasteiger partial charge is 0.271 e. The number of hydrogen-bond donors (Lipinski definition) is 2.